The maximum atomic E-state index is 11.3. The Bertz CT molecular complexity index is 482. The van der Waals surface area contributed by atoms with Crippen LogP contribution in [0.25, 0.3) is 0 Å². The molecule has 0 saturated heterocycles. The van der Waals surface area contributed by atoms with Crippen molar-refractivity contribution in [2.24, 2.45) is 11.1 Å². The lowest BCUT2D eigenvalue weighted by Gasteiger charge is -2.39. The van der Waals surface area contributed by atoms with Crippen LogP contribution in [0.1, 0.15) is 49.9 Å². The second kappa shape index (κ2) is 5.11. The average Bonchev–Trinajstić information content (AvgIpc) is 2.33. The van der Waals surface area contributed by atoms with Crippen LogP contribution in [0.5, 0.6) is 0 Å². The van der Waals surface area contributed by atoms with Gasteiger partial charge in [-0.05, 0) is 36.5 Å². The van der Waals surface area contributed by atoms with Gasteiger partial charge in [0.15, 0.2) is 0 Å². The third-order valence-corrected chi connectivity index (χ3v) is 4.17. The zero-order chi connectivity index (χ0) is 14.0. The summed E-state index contributed by atoms with van der Waals surface area (Å²) in [6.45, 7) is 4.58. The Morgan fingerprint density at radius 1 is 1.37 bits per heavy atom. The van der Waals surface area contributed by atoms with Crippen molar-refractivity contribution in [3.8, 4) is 0 Å². The van der Waals surface area contributed by atoms with E-state index in [0.717, 1.165) is 12.1 Å². The minimum atomic E-state index is -0.482. The fraction of sp³-hybridized carbons (Fsp3) is 0.533. The van der Waals surface area contributed by atoms with E-state index in [9.17, 15) is 4.79 Å². The van der Waals surface area contributed by atoms with Gasteiger partial charge in [-0.1, -0.05) is 26.7 Å². The molecule has 0 radical (unpaired) electrons. The molecule has 0 heterocycles. The third-order valence-electron chi connectivity index (χ3n) is 4.17. The highest BCUT2D eigenvalue weighted by Crippen LogP contribution is 2.37. The van der Waals surface area contributed by atoms with Crippen LogP contribution in [-0.4, -0.2) is 11.9 Å². The van der Waals surface area contributed by atoms with E-state index in [1.807, 2.05) is 6.07 Å². The normalized spacial score (nSPS) is 21.9. The van der Waals surface area contributed by atoms with Crippen molar-refractivity contribution in [2.45, 2.75) is 45.6 Å². The molecule has 0 bridgehead atoms. The van der Waals surface area contributed by atoms with Crippen LogP contribution in [0.4, 0.5) is 11.4 Å². The van der Waals surface area contributed by atoms with Crippen LogP contribution >= 0.6 is 0 Å². The summed E-state index contributed by atoms with van der Waals surface area (Å²) < 4.78 is 0. The number of carbonyl (C=O) groups excluding carboxylic acids is 1. The minimum absolute atomic E-state index is 0.270. The molecule has 1 aromatic rings. The zero-order valence-electron chi connectivity index (χ0n) is 11.7. The molecule has 1 saturated carbocycles. The number of amides is 1. The van der Waals surface area contributed by atoms with Crippen molar-refractivity contribution >= 4 is 17.3 Å². The number of benzene rings is 1. The molecule has 2 rings (SSSR count). The molecule has 1 amide bonds. The van der Waals surface area contributed by atoms with E-state index in [2.05, 4.69) is 19.2 Å². The summed E-state index contributed by atoms with van der Waals surface area (Å²) in [5.74, 6) is -0.482. The van der Waals surface area contributed by atoms with Crippen molar-refractivity contribution in [3.63, 3.8) is 0 Å². The number of nitrogens with two attached hydrogens (primary N) is 2. The van der Waals surface area contributed by atoms with Crippen LogP contribution in [0.2, 0.25) is 0 Å². The second-order valence-electron chi connectivity index (χ2n) is 6.10. The minimum Gasteiger partial charge on any atom is -0.398 e. The highest BCUT2D eigenvalue weighted by molar-refractivity contribution is 5.98. The summed E-state index contributed by atoms with van der Waals surface area (Å²) in [6.07, 6.45) is 4.92. The molecule has 0 spiro atoms. The summed E-state index contributed by atoms with van der Waals surface area (Å²) in [6, 6.07) is 5.82. The Morgan fingerprint density at radius 3 is 2.74 bits per heavy atom. The molecule has 104 valence electrons. The number of rotatable bonds is 3. The molecule has 19 heavy (non-hydrogen) atoms. The first-order valence-electron chi connectivity index (χ1n) is 6.86. The van der Waals surface area contributed by atoms with Crippen molar-refractivity contribution in [2.75, 3.05) is 11.1 Å². The van der Waals surface area contributed by atoms with Gasteiger partial charge >= 0.3 is 0 Å². The quantitative estimate of drug-likeness (QED) is 0.732. The average molecular weight is 261 g/mol. The van der Waals surface area contributed by atoms with Crippen molar-refractivity contribution in [3.05, 3.63) is 23.8 Å². The van der Waals surface area contributed by atoms with Gasteiger partial charge < -0.3 is 16.8 Å². The molecular formula is C15H23N3O. The van der Waals surface area contributed by atoms with E-state index in [1.54, 1.807) is 12.1 Å². The van der Waals surface area contributed by atoms with Crippen LogP contribution in [0, 0.1) is 5.41 Å². The Labute approximate surface area is 114 Å². The summed E-state index contributed by atoms with van der Waals surface area (Å²) in [5, 5.41) is 3.53. The summed E-state index contributed by atoms with van der Waals surface area (Å²) in [5.41, 5.74) is 13.1. The Balaban J connectivity index is 2.19. The molecule has 1 aromatic carbocycles. The Hall–Kier alpha value is -1.71. The van der Waals surface area contributed by atoms with E-state index in [0.29, 0.717) is 17.3 Å². The van der Waals surface area contributed by atoms with E-state index in [4.69, 9.17) is 11.5 Å². The van der Waals surface area contributed by atoms with Gasteiger partial charge in [0.05, 0.1) is 5.56 Å². The lowest BCUT2D eigenvalue weighted by Crippen LogP contribution is -2.38. The van der Waals surface area contributed by atoms with Gasteiger partial charge in [0, 0.05) is 17.4 Å². The van der Waals surface area contributed by atoms with E-state index in [1.165, 1.54) is 19.3 Å². The lowest BCUT2D eigenvalue weighted by molar-refractivity contribution is 0.100. The predicted molar refractivity (Wildman–Crippen MR) is 79.0 cm³/mol. The summed E-state index contributed by atoms with van der Waals surface area (Å²) in [7, 11) is 0. The third kappa shape index (κ3) is 3.00. The van der Waals surface area contributed by atoms with Crippen molar-refractivity contribution < 1.29 is 4.79 Å². The standard InChI is InChI=1S/C15H23N3O/c1-15(2)8-4-3-5-13(15)18-10-6-7-12(16)11(9-10)14(17)19/h6-7,9,13,18H,3-5,8,16H2,1-2H3,(H2,17,19). The SMILES string of the molecule is CC1(C)CCCCC1Nc1ccc(N)c(C(N)=O)c1. The van der Waals surface area contributed by atoms with Gasteiger partial charge in [0.2, 0.25) is 0 Å². The molecule has 1 unspecified atom stereocenters. The zero-order valence-corrected chi connectivity index (χ0v) is 11.7. The predicted octanol–water partition coefficient (Wildman–Crippen LogP) is 2.75. The number of primary amides is 1. The van der Waals surface area contributed by atoms with E-state index in [-0.39, 0.29) is 5.41 Å². The first-order chi connectivity index (χ1) is 8.90. The van der Waals surface area contributed by atoms with Gasteiger partial charge in [-0.3, -0.25) is 4.79 Å². The fourth-order valence-electron chi connectivity index (χ4n) is 2.82. The number of hydrogen-bond acceptors (Lipinski definition) is 3. The Kier molecular flexibility index (Phi) is 3.69. The maximum absolute atomic E-state index is 11.3. The van der Waals surface area contributed by atoms with Crippen LogP contribution in [-0.2, 0) is 0 Å². The van der Waals surface area contributed by atoms with Gasteiger partial charge in [-0.15, -0.1) is 0 Å². The van der Waals surface area contributed by atoms with Crippen LogP contribution in [0.15, 0.2) is 18.2 Å². The van der Waals surface area contributed by atoms with E-state index >= 15 is 0 Å². The number of carbonyl (C=O) groups is 1. The van der Waals surface area contributed by atoms with Gasteiger partial charge in [-0.2, -0.15) is 0 Å². The highest BCUT2D eigenvalue weighted by atomic mass is 16.1. The molecule has 4 heteroatoms. The first kappa shape index (κ1) is 13.7. The maximum Gasteiger partial charge on any atom is 0.250 e. The topological polar surface area (TPSA) is 81.1 Å². The number of hydrogen-bond donors (Lipinski definition) is 3. The summed E-state index contributed by atoms with van der Waals surface area (Å²) in [4.78, 5) is 11.3. The first-order valence-corrected chi connectivity index (χ1v) is 6.86. The molecular weight excluding hydrogens is 238 g/mol. The van der Waals surface area contributed by atoms with Gasteiger partial charge in [0.25, 0.3) is 5.91 Å². The van der Waals surface area contributed by atoms with Gasteiger partial charge in [-0.25, -0.2) is 0 Å². The Morgan fingerprint density at radius 2 is 2.11 bits per heavy atom. The number of anilines is 2. The molecule has 5 N–H and O–H groups in total. The molecule has 1 aliphatic rings. The smallest absolute Gasteiger partial charge is 0.250 e. The monoisotopic (exact) mass is 261 g/mol. The number of nitrogen functional groups attached to an aromatic ring is 1. The highest BCUT2D eigenvalue weighted by Gasteiger charge is 2.32. The van der Waals surface area contributed by atoms with Crippen LogP contribution < -0.4 is 16.8 Å². The molecule has 4 nitrogen and oxygen atoms in total. The largest absolute Gasteiger partial charge is 0.398 e. The lowest BCUT2D eigenvalue weighted by atomic mass is 9.73. The molecule has 1 aliphatic carbocycles. The molecule has 1 fully saturated rings. The fourth-order valence-corrected chi connectivity index (χ4v) is 2.82. The molecule has 1 atom stereocenters. The molecule has 0 aromatic heterocycles. The van der Waals surface area contributed by atoms with E-state index < -0.39 is 5.91 Å². The molecule has 0 aliphatic heterocycles. The summed E-state index contributed by atoms with van der Waals surface area (Å²) >= 11 is 0. The van der Waals surface area contributed by atoms with Crippen LogP contribution in [0.3, 0.4) is 0 Å². The number of nitrogens with one attached hydrogen (secondary N) is 1. The van der Waals surface area contributed by atoms with Crippen molar-refractivity contribution in [1.82, 2.24) is 0 Å². The van der Waals surface area contributed by atoms with Crippen molar-refractivity contribution in [1.29, 1.82) is 0 Å². The van der Waals surface area contributed by atoms with Gasteiger partial charge in [0.1, 0.15) is 0 Å². The second-order valence-corrected chi connectivity index (χ2v) is 6.10.